The van der Waals surface area contributed by atoms with E-state index in [2.05, 4.69) is 15.0 Å². The molecule has 4 aromatic rings. The predicted octanol–water partition coefficient (Wildman–Crippen LogP) is 3.60. The van der Waals surface area contributed by atoms with Gasteiger partial charge < -0.3 is 9.32 Å². The van der Waals surface area contributed by atoms with E-state index in [4.69, 9.17) is 4.42 Å². The average molecular weight is 406 g/mol. The summed E-state index contributed by atoms with van der Waals surface area (Å²) in [6.45, 7) is 1.72. The first kappa shape index (κ1) is 17.8. The van der Waals surface area contributed by atoms with Crippen molar-refractivity contribution in [2.45, 2.75) is 19.4 Å². The number of anilines is 1. The molecule has 0 bridgehead atoms. The zero-order valence-electron chi connectivity index (χ0n) is 15.6. The summed E-state index contributed by atoms with van der Waals surface area (Å²) in [6, 6.07) is 12.5. The molecular formula is C21H18N4O3S. The van der Waals surface area contributed by atoms with Crippen LogP contribution in [0.2, 0.25) is 0 Å². The molecule has 0 radical (unpaired) electrons. The monoisotopic (exact) mass is 406 g/mol. The third-order valence-electron chi connectivity index (χ3n) is 5.01. The quantitative estimate of drug-likeness (QED) is 0.471. The van der Waals surface area contributed by atoms with Crippen molar-refractivity contribution in [1.82, 2.24) is 14.8 Å². The summed E-state index contributed by atoms with van der Waals surface area (Å²) in [5, 5.41) is 5.31. The number of furan rings is 1. The fourth-order valence-electron chi connectivity index (χ4n) is 3.52. The number of carbonyl (C=O) groups excluding carboxylic acids is 1. The van der Waals surface area contributed by atoms with Gasteiger partial charge in [0.1, 0.15) is 12.2 Å². The van der Waals surface area contributed by atoms with Crippen LogP contribution in [0.1, 0.15) is 23.2 Å². The molecule has 1 fully saturated rings. The van der Waals surface area contributed by atoms with Gasteiger partial charge in [0.2, 0.25) is 0 Å². The summed E-state index contributed by atoms with van der Waals surface area (Å²) in [5.41, 5.74) is 1.05. The van der Waals surface area contributed by atoms with Crippen LogP contribution in [-0.2, 0) is 6.54 Å². The summed E-state index contributed by atoms with van der Waals surface area (Å²) in [4.78, 5) is 32.6. The van der Waals surface area contributed by atoms with Crippen molar-refractivity contribution >= 4 is 32.5 Å². The van der Waals surface area contributed by atoms with Crippen LogP contribution >= 0.6 is 11.3 Å². The number of hydrogen-bond acceptors (Lipinski definition) is 7. The van der Waals surface area contributed by atoms with Crippen LogP contribution in [-0.4, -0.2) is 33.6 Å². The Balaban J connectivity index is 1.63. The Morgan fingerprint density at radius 1 is 1.10 bits per heavy atom. The molecule has 29 heavy (non-hydrogen) atoms. The first-order valence-electron chi connectivity index (χ1n) is 9.49. The first-order valence-corrected chi connectivity index (χ1v) is 10.3. The third kappa shape index (κ3) is 3.25. The highest BCUT2D eigenvalue weighted by Crippen LogP contribution is 2.35. The Morgan fingerprint density at radius 2 is 1.90 bits per heavy atom. The molecule has 0 spiro atoms. The summed E-state index contributed by atoms with van der Waals surface area (Å²) in [6.07, 6.45) is 3.81. The highest BCUT2D eigenvalue weighted by atomic mass is 32.1. The smallest absolute Gasteiger partial charge is 0.294 e. The standard InChI is InChI=1S/C21H18N4O3S/c26-15(14-7-2-1-3-8-14)13-25-20(27)18-19(17(23-25)16-9-6-12-28-16)29-21(22-18)24-10-4-5-11-24/h1-3,6-9,12H,4-5,10-11,13H2. The SMILES string of the molecule is O=C(Cn1nc(-c2ccco2)c2sc(N3CCCC3)nc2c1=O)c1ccccc1. The molecule has 1 aliphatic heterocycles. The Bertz CT molecular complexity index is 1220. The molecule has 3 aromatic heterocycles. The van der Waals surface area contributed by atoms with Crippen LogP contribution in [0.3, 0.4) is 0 Å². The van der Waals surface area contributed by atoms with Crippen LogP contribution in [0, 0.1) is 0 Å². The van der Waals surface area contributed by atoms with Crippen molar-refractivity contribution in [1.29, 1.82) is 0 Å². The second kappa shape index (κ2) is 7.29. The van der Waals surface area contributed by atoms with Gasteiger partial charge in [-0.1, -0.05) is 41.7 Å². The summed E-state index contributed by atoms with van der Waals surface area (Å²) in [7, 11) is 0. The average Bonchev–Trinajstić information content (AvgIpc) is 3.51. The minimum atomic E-state index is -0.360. The molecule has 0 N–H and O–H groups in total. The molecule has 8 heteroatoms. The third-order valence-corrected chi connectivity index (χ3v) is 6.13. The first-order chi connectivity index (χ1) is 14.2. The van der Waals surface area contributed by atoms with Crippen LogP contribution in [0.15, 0.2) is 57.9 Å². The zero-order chi connectivity index (χ0) is 19.8. The van der Waals surface area contributed by atoms with E-state index in [1.54, 1.807) is 42.7 Å². The molecule has 4 heterocycles. The summed E-state index contributed by atoms with van der Waals surface area (Å²) in [5.74, 6) is 0.368. The second-order valence-electron chi connectivity index (χ2n) is 6.95. The van der Waals surface area contributed by atoms with E-state index in [1.807, 2.05) is 6.07 Å². The van der Waals surface area contributed by atoms with E-state index in [0.29, 0.717) is 27.2 Å². The fourth-order valence-corrected chi connectivity index (χ4v) is 4.62. The number of rotatable bonds is 5. The lowest BCUT2D eigenvalue weighted by Crippen LogP contribution is -2.27. The van der Waals surface area contributed by atoms with Gasteiger partial charge in [-0.2, -0.15) is 5.10 Å². The Morgan fingerprint density at radius 3 is 2.62 bits per heavy atom. The maximum Gasteiger partial charge on any atom is 0.294 e. The molecule has 7 nitrogen and oxygen atoms in total. The lowest BCUT2D eigenvalue weighted by Gasteiger charge is -2.11. The Kier molecular flexibility index (Phi) is 4.48. The van der Waals surface area contributed by atoms with E-state index >= 15 is 0 Å². The molecule has 146 valence electrons. The molecule has 1 saturated heterocycles. The Labute approximate surface area is 170 Å². The minimum absolute atomic E-state index is 0.150. The van der Waals surface area contributed by atoms with Crippen molar-refractivity contribution < 1.29 is 9.21 Å². The lowest BCUT2D eigenvalue weighted by atomic mass is 10.1. The van der Waals surface area contributed by atoms with Crippen molar-refractivity contribution in [2.75, 3.05) is 18.0 Å². The van der Waals surface area contributed by atoms with Gasteiger partial charge in [0.15, 0.2) is 22.2 Å². The highest BCUT2D eigenvalue weighted by molar-refractivity contribution is 7.22. The number of ketones is 1. The molecule has 5 rings (SSSR count). The van der Waals surface area contributed by atoms with Crippen LogP contribution in [0.5, 0.6) is 0 Å². The number of benzene rings is 1. The van der Waals surface area contributed by atoms with Crippen molar-refractivity contribution in [3.63, 3.8) is 0 Å². The number of fused-ring (bicyclic) bond motifs is 1. The van der Waals surface area contributed by atoms with Gasteiger partial charge in [-0.15, -0.1) is 0 Å². The van der Waals surface area contributed by atoms with E-state index in [1.165, 1.54) is 16.0 Å². The normalized spacial score (nSPS) is 14.0. The number of carbonyl (C=O) groups is 1. The van der Waals surface area contributed by atoms with Gasteiger partial charge in [-0.25, -0.2) is 9.67 Å². The molecule has 0 unspecified atom stereocenters. The molecule has 0 saturated carbocycles. The predicted molar refractivity (Wildman–Crippen MR) is 112 cm³/mol. The molecule has 1 aliphatic rings. The van der Waals surface area contributed by atoms with Gasteiger partial charge >= 0.3 is 0 Å². The molecule has 0 atom stereocenters. The van der Waals surface area contributed by atoms with E-state index < -0.39 is 0 Å². The van der Waals surface area contributed by atoms with Gasteiger partial charge in [-0.3, -0.25) is 9.59 Å². The van der Waals surface area contributed by atoms with Crippen LogP contribution < -0.4 is 10.5 Å². The van der Waals surface area contributed by atoms with E-state index in [9.17, 15) is 9.59 Å². The second-order valence-corrected chi connectivity index (χ2v) is 7.92. The van der Waals surface area contributed by atoms with Gasteiger partial charge in [0.25, 0.3) is 5.56 Å². The number of aromatic nitrogens is 3. The van der Waals surface area contributed by atoms with Crippen molar-refractivity contribution in [3.8, 4) is 11.5 Å². The van der Waals surface area contributed by atoms with E-state index in [-0.39, 0.29) is 17.9 Å². The van der Waals surface area contributed by atoms with Gasteiger partial charge in [0, 0.05) is 18.7 Å². The number of hydrogen-bond donors (Lipinski definition) is 0. The number of thiazole rings is 1. The lowest BCUT2D eigenvalue weighted by molar-refractivity contribution is 0.0966. The largest absolute Gasteiger partial charge is 0.463 e. The van der Waals surface area contributed by atoms with Crippen LogP contribution in [0.25, 0.3) is 21.7 Å². The maximum atomic E-state index is 13.1. The maximum absolute atomic E-state index is 13.1. The van der Waals surface area contributed by atoms with Crippen LogP contribution in [0.4, 0.5) is 5.13 Å². The fraction of sp³-hybridized carbons (Fsp3) is 0.238. The minimum Gasteiger partial charge on any atom is -0.463 e. The van der Waals surface area contributed by atoms with E-state index in [0.717, 1.165) is 31.1 Å². The van der Waals surface area contributed by atoms with Gasteiger partial charge in [0.05, 0.1) is 11.0 Å². The number of Topliss-reactive ketones (excluding diaryl/α,β-unsaturated/α-hetero) is 1. The topological polar surface area (TPSA) is 81.2 Å². The van der Waals surface area contributed by atoms with Gasteiger partial charge in [-0.05, 0) is 25.0 Å². The van der Waals surface area contributed by atoms with Crippen molar-refractivity contribution in [3.05, 3.63) is 64.6 Å². The molecule has 0 aliphatic carbocycles. The molecular weight excluding hydrogens is 388 g/mol. The molecule has 1 aromatic carbocycles. The Hall–Kier alpha value is -3.26. The summed E-state index contributed by atoms with van der Waals surface area (Å²) < 4.78 is 7.44. The summed E-state index contributed by atoms with van der Waals surface area (Å²) >= 11 is 1.45. The molecule has 0 amide bonds. The zero-order valence-corrected chi connectivity index (χ0v) is 16.4. The highest BCUT2D eigenvalue weighted by Gasteiger charge is 2.23. The van der Waals surface area contributed by atoms with Crippen molar-refractivity contribution in [2.24, 2.45) is 0 Å². The number of nitrogens with zero attached hydrogens (tertiary/aromatic N) is 4.